The number of alkyl halides is 3. The summed E-state index contributed by atoms with van der Waals surface area (Å²) in [5.74, 6) is -4.93. The van der Waals surface area contributed by atoms with Crippen molar-refractivity contribution in [2.75, 3.05) is 0 Å². The van der Waals surface area contributed by atoms with Crippen molar-refractivity contribution < 1.29 is 32.2 Å². The number of halogens is 3. The molecule has 2 saturated carbocycles. The molecule has 6 unspecified atom stereocenters. The molecule has 0 radical (unpaired) electrons. The van der Waals surface area contributed by atoms with Crippen LogP contribution in [0.3, 0.4) is 0 Å². The molecule has 3 fully saturated rings. The van der Waals surface area contributed by atoms with E-state index in [1.54, 1.807) is 0 Å². The van der Waals surface area contributed by atoms with Gasteiger partial charge in [-0.3, -0.25) is 9.59 Å². The summed E-state index contributed by atoms with van der Waals surface area (Å²) in [7, 11) is 0. The summed E-state index contributed by atoms with van der Waals surface area (Å²) in [5, 5.41) is 0. The molecule has 0 spiro atoms. The van der Waals surface area contributed by atoms with Crippen LogP contribution in [0.5, 0.6) is 0 Å². The third-order valence-corrected chi connectivity index (χ3v) is 4.14. The van der Waals surface area contributed by atoms with Crippen LogP contribution in [0.1, 0.15) is 6.42 Å². The Morgan fingerprint density at radius 1 is 1.35 bits per heavy atom. The zero-order chi connectivity index (χ0) is 12.4. The quantitative estimate of drug-likeness (QED) is 0.539. The third kappa shape index (κ3) is 1.25. The summed E-state index contributed by atoms with van der Waals surface area (Å²) in [6.07, 6.45) is -5.83. The van der Waals surface area contributed by atoms with E-state index in [2.05, 4.69) is 4.74 Å². The van der Waals surface area contributed by atoms with Gasteiger partial charge in [-0.2, -0.15) is 13.2 Å². The fraction of sp³-hybridized carbons (Fsp3) is 0.800. The Morgan fingerprint density at radius 3 is 2.65 bits per heavy atom. The minimum absolute atomic E-state index is 0.125. The molecule has 0 N–H and O–H groups in total. The zero-order valence-corrected chi connectivity index (χ0v) is 8.52. The van der Waals surface area contributed by atoms with Crippen molar-refractivity contribution in [3.63, 3.8) is 0 Å². The second-order valence-corrected chi connectivity index (χ2v) is 4.76. The van der Waals surface area contributed by atoms with Gasteiger partial charge in [-0.05, 0) is 6.42 Å². The van der Waals surface area contributed by atoms with E-state index in [0.717, 1.165) is 0 Å². The van der Waals surface area contributed by atoms with E-state index in [9.17, 15) is 22.8 Å². The lowest BCUT2D eigenvalue weighted by atomic mass is 9.78. The van der Waals surface area contributed by atoms with Crippen LogP contribution >= 0.6 is 0 Å². The van der Waals surface area contributed by atoms with E-state index in [1.807, 2.05) is 0 Å². The summed E-state index contributed by atoms with van der Waals surface area (Å²) in [6.45, 7) is 0.125. The molecule has 0 aromatic carbocycles. The van der Waals surface area contributed by atoms with Crippen molar-refractivity contribution >= 4 is 12.4 Å². The van der Waals surface area contributed by atoms with E-state index < -0.39 is 48.0 Å². The number of carbonyl (C=O) groups excluding carboxylic acids is 2. The van der Waals surface area contributed by atoms with E-state index in [4.69, 9.17) is 4.74 Å². The lowest BCUT2D eigenvalue weighted by molar-refractivity contribution is -0.209. The number of hydrogen-bond acceptors (Lipinski definition) is 4. The molecule has 0 aromatic heterocycles. The second kappa shape index (κ2) is 3.14. The Balaban J connectivity index is 1.98. The number of carbonyl (C=O) groups is 2. The maximum Gasteiger partial charge on any atom is 0.393 e. The molecule has 7 heteroatoms. The highest BCUT2D eigenvalue weighted by atomic mass is 19.4. The van der Waals surface area contributed by atoms with Crippen molar-refractivity contribution in [3.05, 3.63) is 0 Å². The summed E-state index contributed by atoms with van der Waals surface area (Å²) >= 11 is 0. The first-order valence-electron chi connectivity index (χ1n) is 5.31. The first-order valence-corrected chi connectivity index (χ1v) is 5.31. The molecule has 17 heavy (non-hydrogen) atoms. The van der Waals surface area contributed by atoms with Gasteiger partial charge in [0.25, 0.3) is 6.47 Å². The largest absolute Gasteiger partial charge is 0.460 e. The molecule has 94 valence electrons. The predicted molar refractivity (Wildman–Crippen MR) is 45.4 cm³/mol. The second-order valence-electron chi connectivity index (χ2n) is 4.76. The van der Waals surface area contributed by atoms with E-state index in [1.165, 1.54) is 0 Å². The zero-order valence-electron chi connectivity index (χ0n) is 8.52. The van der Waals surface area contributed by atoms with E-state index >= 15 is 0 Å². The Bertz CT molecular complexity index is 380. The van der Waals surface area contributed by atoms with Crippen LogP contribution in [0, 0.1) is 23.7 Å². The highest BCUT2D eigenvalue weighted by molar-refractivity contribution is 5.77. The normalized spacial score (nSPS) is 47.1. The topological polar surface area (TPSA) is 52.6 Å². The molecule has 2 aliphatic carbocycles. The smallest absolute Gasteiger partial charge is 0.393 e. The van der Waals surface area contributed by atoms with Crippen LogP contribution in [-0.4, -0.2) is 30.8 Å². The van der Waals surface area contributed by atoms with Crippen molar-refractivity contribution in [1.82, 2.24) is 0 Å². The Labute approximate surface area is 94.1 Å². The summed E-state index contributed by atoms with van der Waals surface area (Å²) < 4.78 is 48.3. The molecule has 4 nitrogen and oxygen atoms in total. The SMILES string of the molecule is O=COC1C2CC3C1OC(=O)C3C2C(F)(F)F. The van der Waals surface area contributed by atoms with Crippen molar-refractivity contribution in [2.24, 2.45) is 23.7 Å². The van der Waals surface area contributed by atoms with E-state index in [0.29, 0.717) is 0 Å². The van der Waals surface area contributed by atoms with Gasteiger partial charge in [-0.1, -0.05) is 0 Å². The highest BCUT2D eigenvalue weighted by Crippen LogP contribution is 2.62. The van der Waals surface area contributed by atoms with Crippen LogP contribution in [0.4, 0.5) is 13.2 Å². The van der Waals surface area contributed by atoms with Crippen molar-refractivity contribution in [2.45, 2.75) is 24.8 Å². The van der Waals surface area contributed by atoms with Gasteiger partial charge >= 0.3 is 12.1 Å². The van der Waals surface area contributed by atoms with Crippen molar-refractivity contribution in [1.29, 1.82) is 0 Å². The lowest BCUT2D eigenvalue weighted by Crippen LogP contribution is -2.44. The molecule has 0 amide bonds. The molecular weight excluding hydrogens is 241 g/mol. The summed E-state index contributed by atoms with van der Waals surface area (Å²) in [5.41, 5.74) is 0. The minimum Gasteiger partial charge on any atom is -0.460 e. The van der Waals surface area contributed by atoms with Gasteiger partial charge in [0.1, 0.15) is 12.2 Å². The van der Waals surface area contributed by atoms with Crippen LogP contribution in [-0.2, 0) is 19.1 Å². The molecule has 1 aliphatic heterocycles. The van der Waals surface area contributed by atoms with Crippen LogP contribution in [0.2, 0.25) is 0 Å². The maximum absolute atomic E-state index is 12.9. The Hall–Kier alpha value is -1.27. The molecule has 3 aliphatic rings. The Morgan fingerprint density at radius 2 is 2.06 bits per heavy atom. The predicted octanol–water partition coefficient (Wildman–Crippen LogP) is 0.898. The van der Waals surface area contributed by atoms with Crippen LogP contribution in [0.15, 0.2) is 0 Å². The standard InChI is InChI=1S/C10H9F3O4/c11-10(12,13)6-4-1-3-5(6)9(15)17-8(3)7(4)16-2-14/h2-8H,1H2. The third-order valence-electron chi connectivity index (χ3n) is 4.14. The van der Waals surface area contributed by atoms with E-state index in [-0.39, 0.29) is 12.9 Å². The highest BCUT2D eigenvalue weighted by Gasteiger charge is 2.73. The van der Waals surface area contributed by atoms with Gasteiger partial charge in [0.2, 0.25) is 0 Å². The average molecular weight is 250 g/mol. The summed E-state index contributed by atoms with van der Waals surface area (Å²) in [6, 6.07) is 0. The molecule has 1 saturated heterocycles. The molecule has 2 bridgehead atoms. The van der Waals surface area contributed by atoms with Gasteiger partial charge in [0, 0.05) is 11.8 Å². The lowest BCUT2D eigenvalue weighted by Gasteiger charge is -2.31. The maximum atomic E-state index is 12.9. The molecule has 3 rings (SSSR count). The molecule has 6 atom stereocenters. The van der Waals surface area contributed by atoms with Crippen LogP contribution < -0.4 is 0 Å². The van der Waals surface area contributed by atoms with Gasteiger partial charge in [-0.25, -0.2) is 0 Å². The number of fused-ring (bicyclic) bond motifs is 1. The van der Waals surface area contributed by atoms with Gasteiger partial charge in [-0.15, -0.1) is 0 Å². The number of esters is 1. The minimum atomic E-state index is -4.46. The number of rotatable bonds is 2. The molecule has 0 aromatic rings. The van der Waals surface area contributed by atoms with Crippen molar-refractivity contribution in [3.8, 4) is 0 Å². The van der Waals surface area contributed by atoms with Crippen LogP contribution in [0.25, 0.3) is 0 Å². The fourth-order valence-corrected chi connectivity index (χ4v) is 3.68. The van der Waals surface area contributed by atoms with Gasteiger partial charge < -0.3 is 9.47 Å². The first-order chi connectivity index (χ1) is 7.95. The number of ether oxygens (including phenoxy) is 2. The summed E-state index contributed by atoms with van der Waals surface area (Å²) in [4.78, 5) is 21.7. The Kier molecular flexibility index (Phi) is 2.01. The van der Waals surface area contributed by atoms with Gasteiger partial charge in [0.05, 0.1) is 11.8 Å². The van der Waals surface area contributed by atoms with Gasteiger partial charge in [0.15, 0.2) is 0 Å². The average Bonchev–Trinajstić information content (AvgIpc) is 2.79. The number of hydrogen-bond donors (Lipinski definition) is 0. The molecule has 1 heterocycles. The fourth-order valence-electron chi connectivity index (χ4n) is 3.68. The first kappa shape index (κ1) is 10.9. The molecular formula is C10H9F3O4. The monoisotopic (exact) mass is 250 g/mol.